The summed E-state index contributed by atoms with van der Waals surface area (Å²) in [5, 5.41) is 2.62. The number of pyridine rings is 2. The molecule has 3 N–H and O–H groups in total. The highest BCUT2D eigenvalue weighted by Gasteiger charge is 2.46. The first-order chi connectivity index (χ1) is 17.5. The van der Waals surface area contributed by atoms with Crippen molar-refractivity contribution in [3.8, 4) is 11.5 Å². The number of anilines is 1. The van der Waals surface area contributed by atoms with E-state index in [1.807, 2.05) is 0 Å². The Hall–Kier alpha value is -4.06. The van der Waals surface area contributed by atoms with Crippen LogP contribution in [0, 0.1) is 11.6 Å². The van der Waals surface area contributed by atoms with Crippen LogP contribution in [0.4, 0.5) is 23.4 Å². The first-order valence-electron chi connectivity index (χ1n) is 11.3. The van der Waals surface area contributed by atoms with Crippen LogP contribution in [0.5, 0.6) is 11.5 Å². The minimum absolute atomic E-state index is 0.0186. The van der Waals surface area contributed by atoms with Gasteiger partial charge in [0.25, 0.3) is 11.8 Å². The van der Waals surface area contributed by atoms with Crippen LogP contribution in [-0.2, 0) is 4.79 Å². The lowest BCUT2D eigenvalue weighted by Crippen LogP contribution is -2.52. The summed E-state index contributed by atoms with van der Waals surface area (Å²) in [6, 6.07) is 7.62. The maximum Gasteiger partial charge on any atom is 0.267 e. The van der Waals surface area contributed by atoms with E-state index in [1.165, 1.54) is 36.7 Å². The van der Waals surface area contributed by atoms with E-state index in [0.717, 1.165) is 12.1 Å². The quantitative estimate of drug-likeness (QED) is 0.457. The number of nitrogens with two attached hydrogens (primary N) is 1. The monoisotopic (exact) mass is 517 g/mol. The SMILES string of the molecule is CC(C(=O)Nc1ccc(Oc2ccc(F)cc2F)cn1)N1CCC(F)(F)C(c2ccnc(C(N)=O)c2)C1. The van der Waals surface area contributed by atoms with Gasteiger partial charge in [-0.05, 0) is 48.9 Å². The summed E-state index contributed by atoms with van der Waals surface area (Å²) >= 11 is 0. The van der Waals surface area contributed by atoms with Crippen LogP contribution in [-0.4, -0.2) is 51.7 Å². The molecule has 2 amide bonds. The highest BCUT2D eigenvalue weighted by Crippen LogP contribution is 2.41. The fourth-order valence-corrected chi connectivity index (χ4v) is 4.02. The highest BCUT2D eigenvalue weighted by molar-refractivity contribution is 5.93. The van der Waals surface area contributed by atoms with Crippen LogP contribution in [0.25, 0.3) is 0 Å². The molecule has 8 nitrogen and oxygen atoms in total. The molecule has 2 atom stereocenters. The first kappa shape index (κ1) is 26.0. The Kier molecular flexibility index (Phi) is 7.39. The van der Waals surface area contributed by atoms with Gasteiger partial charge in [0.05, 0.1) is 18.2 Å². The molecule has 1 saturated heterocycles. The topological polar surface area (TPSA) is 110 Å². The number of ether oxygens (including phenoxy) is 1. The number of carbonyl (C=O) groups excluding carboxylic acids is 2. The van der Waals surface area contributed by atoms with E-state index in [-0.39, 0.29) is 41.7 Å². The highest BCUT2D eigenvalue weighted by atomic mass is 19.3. The van der Waals surface area contributed by atoms with Gasteiger partial charge in [-0.25, -0.2) is 22.5 Å². The van der Waals surface area contributed by atoms with Crippen molar-refractivity contribution in [3.05, 3.63) is 77.8 Å². The average molecular weight is 517 g/mol. The molecule has 1 aliphatic rings. The summed E-state index contributed by atoms with van der Waals surface area (Å²) in [6.45, 7) is 1.44. The lowest BCUT2D eigenvalue weighted by atomic mass is 9.86. The van der Waals surface area contributed by atoms with Crippen LogP contribution in [0.1, 0.15) is 35.3 Å². The number of nitrogens with zero attached hydrogens (tertiary/aromatic N) is 3. The van der Waals surface area contributed by atoms with E-state index < -0.39 is 47.8 Å². The number of nitrogens with one attached hydrogen (secondary N) is 1. The second-order valence-corrected chi connectivity index (χ2v) is 8.62. The number of benzene rings is 1. The number of amides is 2. The molecule has 2 unspecified atom stereocenters. The number of piperidine rings is 1. The zero-order valence-corrected chi connectivity index (χ0v) is 19.6. The Morgan fingerprint density at radius 1 is 1.16 bits per heavy atom. The molecule has 0 saturated carbocycles. The number of alkyl halides is 2. The van der Waals surface area contributed by atoms with Crippen molar-refractivity contribution in [1.82, 2.24) is 14.9 Å². The standard InChI is InChI=1S/C25H23F4N5O3/c1-14(34-9-7-25(28,29)18(13-34)15-6-8-31-20(10-15)23(30)35)24(36)33-22-5-3-17(12-32-22)37-21-4-2-16(26)11-19(21)27/h2-6,8,10-12,14,18H,7,9,13H2,1H3,(H2,30,35)(H,32,33,36). The largest absolute Gasteiger partial charge is 0.453 e. The summed E-state index contributed by atoms with van der Waals surface area (Å²) in [5.74, 6) is -7.09. The van der Waals surface area contributed by atoms with Crippen LogP contribution < -0.4 is 15.8 Å². The molecule has 194 valence electrons. The van der Waals surface area contributed by atoms with Gasteiger partial charge in [-0.1, -0.05) is 0 Å². The van der Waals surface area contributed by atoms with Crippen LogP contribution in [0.2, 0.25) is 0 Å². The predicted molar refractivity (Wildman–Crippen MR) is 125 cm³/mol. The molecule has 0 spiro atoms. The number of hydrogen-bond acceptors (Lipinski definition) is 6. The van der Waals surface area contributed by atoms with E-state index in [0.29, 0.717) is 6.07 Å². The number of primary amides is 1. The average Bonchev–Trinajstić information content (AvgIpc) is 2.86. The number of likely N-dealkylation sites (tertiary alicyclic amines) is 1. The van der Waals surface area contributed by atoms with E-state index in [1.54, 1.807) is 11.8 Å². The molecule has 3 aromatic rings. The normalized spacial score (nSPS) is 18.1. The summed E-state index contributed by atoms with van der Waals surface area (Å²) in [4.78, 5) is 33.8. The third-order valence-electron chi connectivity index (χ3n) is 6.13. The smallest absolute Gasteiger partial charge is 0.267 e. The van der Waals surface area contributed by atoms with Gasteiger partial charge >= 0.3 is 0 Å². The lowest BCUT2D eigenvalue weighted by Gasteiger charge is -2.40. The molecule has 0 bridgehead atoms. The molecule has 0 radical (unpaired) electrons. The Morgan fingerprint density at radius 3 is 2.62 bits per heavy atom. The molecular weight excluding hydrogens is 494 g/mol. The van der Waals surface area contributed by atoms with Gasteiger partial charge in [-0.15, -0.1) is 0 Å². The molecular formula is C25H23F4N5O3. The number of hydrogen-bond donors (Lipinski definition) is 2. The maximum absolute atomic E-state index is 14.8. The van der Waals surface area contributed by atoms with Crippen molar-refractivity contribution in [1.29, 1.82) is 0 Å². The Labute approximate surface area is 209 Å². The minimum Gasteiger partial charge on any atom is -0.453 e. The molecule has 2 aromatic heterocycles. The lowest BCUT2D eigenvalue weighted by molar-refractivity contribution is -0.125. The van der Waals surface area contributed by atoms with Crippen LogP contribution in [0.3, 0.4) is 0 Å². The maximum atomic E-state index is 14.8. The number of halogens is 4. The Balaban J connectivity index is 1.41. The van der Waals surface area contributed by atoms with Gasteiger partial charge < -0.3 is 15.8 Å². The summed E-state index contributed by atoms with van der Waals surface area (Å²) in [7, 11) is 0. The van der Waals surface area contributed by atoms with Crippen molar-refractivity contribution < 1.29 is 31.9 Å². The van der Waals surface area contributed by atoms with Crippen molar-refractivity contribution in [2.24, 2.45) is 5.73 Å². The second-order valence-electron chi connectivity index (χ2n) is 8.62. The second kappa shape index (κ2) is 10.5. The molecule has 1 aliphatic heterocycles. The fourth-order valence-electron chi connectivity index (χ4n) is 4.02. The van der Waals surface area contributed by atoms with Crippen LogP contribution in [0.15, 0.2) is 54.9 Å². The van der Waals surface area contributed by atoms with Gasteiger partial charge in [0.15, 0.2) is 11.6 Å². The van der Waals surface area contributed by atoms with Gasteiger partial charge in [-0.3, -0.25) is 19.5 Å². The molecule has 12 heteroatoms. The zero-order chi connectivity index (χ0) is 26.7. The van der Waals surface area contributed by atoms with Crippen molar-refractivity contribution in [2.45, 2.75) is 31.2 Å². The van der Waals surface area contributed by atoms with E-state index in [9.17, 15) is 27.2 Å². The van der Waals surface area contributed by atoms with Gasteiger partial charge in [-0.2, -0.15) is 0 Å². The number of aromatic nitrogens is 2. The number of carbonyl (C=O) groups is 2. The van der Waals surface area contributed by atoms with Crippen LogP contribution >= 0.6 is 0 Å². The molecule has 4 rings (SSSR count). The Bertz CT molecular complexity index is 1310. The molecule has 3 heterocycles. The van der Waals surface area contributed by atoms with Crippen molar-refractivity contribution in [3.63, 3.8) is 0 Å². The third kappa shape index (κ3) is 6.02. The summed E-state index contributed by atoms with van der Waals surface area (Å²) in [6.07, 6.45) is 2.03. The van der Waals surface area contributed by atoms with E-state index >= 15 is 0 Å². The van der Waals surface area contributed by atoms with E-state index in [2.05, 4.69) is 15.3 Å². The van der Waals surface area contributed by atoms with Gasteiger partial charge in [0.1, 0.15) is 23.1 Å². The summed E-state index contributed by atoms with van der Waals surface area (Å²) < 4.78 is 61.7. The van der Waals surface area contributed by atoms with Gasteiger partial charge in [0, 0.05) is 31.8 Å². The van der Waals surface area contributed by atoms with Crippen molar-refractivity contribution >= 4 is 17.6 Å². The first-order valence-corrected chi connectivity index (χ1v) is 11.3. The molecule has 1 aromatic carbocycles. The fraction of sp³-hybridized carbons (Fsp3) is 0.280. The summed E-state index contributed by atoms with van der Waals surface area (Å²) in [5.41, 5.74) is 5.33. The zero-order valence-electron chi connectivity index (χ0n) is 19.6. The van der Waals surface area contributed by atoms with E-state index in [4.69, 9.17) is 10.5 Å². The number of rotatable bonds is 7. The minimum atomic E-state index is -3.05. The Morgan fingerprint density at radius 2 is 1.95 bits per heavy atom. The van der Waals surface area contributed by atoms with Crippen molar-refractivity contribution in [2.75, 3.05) is 18.4 Å². The third-order valence-corrected chi connectivity index (χ3v) is 6.13. The molecule has 0 aliphatic carbocycles. The van der Waals surface area contributed by atoms with Gasteiger partial charge in [0.2, 0.25) is 5.91 Å². The molecule has 1 fully saturated rings. The predicted octanol–water partition coefficient (Wildman–Crippen LogP) is 4.10. The molecule has 37 heavy (non-hydrogen) atoms.